The fourth-order valence-electron chi connectivity index (χ4n) is 2.30. The van der Waals surface area contributed by atoms with Gasteiger partial charge in [0.05, 0.1) is 15.7 Å². The molecule has 2 N–H and O–H groups in total. The summed E-state index contributed by atoms with van der Waals surface area (Å²) in [5, 5.41) is 3.08. The summed E-state index contributed by atoms with van der Waals surface area (Å²) in [4.78, 5) is 4.37. The van der Waals surface area contributed by atoms with Gasteiger partial charge in [-0.05, 0) is 29.8 Å². The molecule has 2 aromatic carbocycles. The van der Waals surface area contributed by atoms with Gasteiger partial charge in [0.2, 0.25) is 10.0 Å². The van der Waals surface area contributed by atoms with Crippen molar-refractivity contribution in [3.63, 3.8) is 0 Å². The minimum Gasteiger partial charge on any atom is -0.311 e. The van der Waals surface area contributed by atoms with E-state index in [1.165, 1.54) is 23.5 Å². The summed E-state index contributed by atoms with van der Waals surface area (Å²) in [6.45, 7) is 1.16. The van der Waals surface area contributed by atoms with E-state index in [-0.39, 0.29) is 17.3 Å². The van der Waals surface area contributed by atoms with Crippen LogP contribution in [0.5, 0.6) is 0 Å². The Labute approximate surface area is 143 Å². The molecule has 0 bridgehead atoms. The molecule has 24 heavy (non-hydrogen) atoms. The zero-order chi connectivity index (χ0) is 17.0. The zero-order valence-electron chi connectivity index (χ0n) is 12.7. The molecule has 0 unspecified atom stereocenters. The highest BCUT2D eigenvalue weighted by atomic mass is 32.2. The van der Waals surface area contributed by atoms with E-state index in [4.69, 9.17) is 0 Å². The number of halogens is 1. The van der Waals surface area contributed by atoms with Crippen LogP contribution in [0, 0.1) is 5.82 Å². The summed E-state index contributed by atoms with van der Waals surface area (Å²) in [6.07, 6.45) is 0. The normalized spacial score (nSPS) is 11.9. The van der Waals surface area contributed by atoms with Crippen LogP contribution in [0.15, 0.2) is 52.9 Å². The second-order valence-electron chi connectivity index (χ2n) is 5.16. The molecule has 0 aliphatic carbocycles. The lowest BCUT2D eigenvalue weighted by Crippen LogP contribution is -2.31. The Balaban J connectivity index is 1.55. The maximum atomic E-state index is 13.1. The lowest BCUT2D eigenvalue weighted by atomic mass is 10.2. The number of hydrogen-bond donors (Lipinski definition) is 2. The highest BCUT2D eigenvalue weighted by molar-refractivity contribution is 7.90. The first kappa shape index (κ1) is 17.0. The summed E-state index contributed by atoms with van der Waals surface area (Å²) >= 11 is 1.30. The molecule has 1 heterocycles. The molecular formula is C16H16FN3O2S2. The van der Waals surface area contributed by atoms with Crippen LogP contribution >= 0.6 is 11.3 Å². The molecule has 0 atom stereocenters. The summed E-state index contributed by atoms with van der Waals surface area (Å²) in [5.41, 5.74) is 3.11. The monoisotopic (exact) mass is 365 g/mol. The maximum absolute atomic E-state index is 13.1. The van der Waals surface area contributed by atoms with E-state index in [1.54, 1.807) is 29.8 Å². The Hall–Kier alpha value is -1.87. The molecule has 0 radical (unpaired) electrons. The molecule has 0 spiro atoms. The van der Waals surface area contributed by atoms with Crippen LogP contribution in [0.1, 0.15) is 5.56 Å². The van der Waals surface area contributed by atoms with Gasteiger partial charge in [0, 0.05) is 19.6 Å². The Morgan fingerprint density at radius 1 is 1.12 bits per heavy atom. The maximum Gasteiger partial charge on any atom is 0.242 e. The summed E-state index contributed by atoms with van der Waals surface area (Å²) < 4.78 is 41.1. The molecule has 0 fully saturated rings. The van der Waals surface area contributed by atoms with Crippen molar-refractivity contribution in [2.75, 3.05) is 13.1 Å². The SMILES string of the molecule is O=S(=O)(NCCNCc1cccc(F)c1)c1cccc2ncsc12. The van der Waals surface area contributed by atoms with Crippen LogP contribution in [-0.4, -0.2) is 26.5 Å². The Bertz CT molecular complexity index is 941. The number of aromatic nitrogens is 1. The predicted molar refractivity (Wildman–Crippen MR) is 92.9 cm³/mol. The third-order valence-corrected chi connectivity index (χ3v) is 5.93. The van der Waals surface area contributed by atoms with Crippen LogP contribution in [0.4, 0.5) is 4.39 Å². The minimum absolute atomic E-state index is 0.243. The van der Waals surface area contributed by atoms with Crippen molar-refractivity contribution in [2.24, 2.45) is 0 Å². The van der Waals surface area contributed by atoms with Crippen molar-refractivity contribution < 1.29 is 12.8 Å². The van der Waals surface area contributed by atoms with Crippen molar-refractivity contribution in [3.8, 4) is 0 Å². The van der Waals surface area contributed by atoms with Crippen LogP contribution in [-0.2, 0) is 16.6 Å². The predicted octanol–water partition coefficient (Wildman–Crippen LogP) is 2.50. The van der Waals surface area contributed by atoms with Gasteiger partial charge >= 0.3 is 0 Å². The van der Waals surface area contributed by atoms with Gasteiger partial charge in [-0.25, -0.2) is 22.5 Å². The molecule has 0 aliphatic heterocycles. The largest absolute Gasteiger partial charge is 0.311 e. The molecule has 126 valence electrons. The molecule has 0 aliphatic rings. The van der Waals surface area contributed by atoms with Gasteiger partial charge in [-0.2, -0.15) is 0 Å². The van der Waals surface area contributed by atoms with Gasteiger partial charge in [-0.3, -0.25) is 0 Å². The molecule has 3 aromatic rings. The number of hydrogen-bond acceptors (Lipinski definition) is 5. The van der Waals surface area contributed by atoms with E-state index < -0.39 is 10.0 Å². The van der Waals surface area contributed by atoms with E-state index >= 15 is 0 Å². The van der Waals surface area contributed by atoms with E-state index in [2.05, 4.69) is 15.0 Å². The van der Waals surface area contributed by atoms with Crippen LogP contribution < -0.4 is 10.0 Å². The zero-order valence-corrected chi connectivity index (χ0v) is 14.3. The summed E-state index contributed by atoms with van der Waals surface area (Å²) in [7, 11) is -3.59. The topological polar surface area (TPSA) is 71.1 Å². The second kappa shape index (κ2) is 7.35. The smallest absolute Gasteiger partial charge is 0.242 e. The number of sulfonamides is 1. The van der Waals surface area contributed by atoms with E-state index in [9.17, 15) is 12.8 Å². The average Bonchev–Trinajstić information content (AvgIpc) is 3.03. The third kappa shape index (κ3) is 3.96. The van der Waals surface area contributed by atoms with Crippen molar-refractivity contribution in [1.29, 1.82) is 0 Å². The number of thiazole rings is 1. The molecule has 8 heteroatoms. The molecule has 1 aromatic heterocycles. The lowest BCUT2D eigenvalue weighted by Gasteiger charge is -2.08. The van der Waals surface area contributed by atoms with Crippen molar-refractivity contribution in [3.05, 3.63) is 59.4 Å². The fourth-order valence-corrected chi connectivity index (χ4v) is 4.61. The molecule has 0 saturated carbocycles. The molecular weight excluding hydrogens is 349 g/mol. The Kier molecular flexibility index (Phi) is 5.20. The summed E-state index contributed by atoms with van der Waals surface area (Å²) in [6, 6.07) is 11.3. The van der Waals surface area contributed by atoms with E-state index in [0.29, 0.717) is 23.3 Å². The van der Waals surface area contributed by atoms with Gasteiger partial charge in [-0.1, -0.05) is 18.2 Å². The van der Waals surface area contributed by atoms with Gasteiger partial charge in [-0.15, -0.1) is 11.3 Å². The fraction of sp³-hybridized carbons (Fsp3) is 0.188. The highest BCUT2D eigenvalue weighted by Crippen LogP contribution is 2.25. The molecule has 0 amide bonds. The second-order valence-corrected chi connectivity index (χ2v) is 7.75. The summed E-state index contributed by atoms with van der Waals surface area (Å²) in [5.74, 6) is -0.285. The van der Waals surface area contributed by atoms with Gasteiger partial charge < -0.3 is 5.32 Å². The molecule has 3 rings (SSSR count). The quantitative estimate of drug-likeness (QED) is 0.631. The van der Waals surface area contributed by atoms with Crippen LogP contribution in [0.2, 0.25) is 0 Å². The highest BCUT2D eigenvalue weighted by Gasteiger charge is 2.17. The molecule has 0 saturated heterocycles. The average molecular weight is 365 g/mol. The molecule has 5 nitrogen and oxygen atoms in total. The lowest BCUT2D eigenvalue weighted by molar-refractivity contribution is 0.576. The number of fused-ring (bicyclic) bond motifs is 1. The van der Waals surface area contributed by atoms with Crippen molar-refractivity contribution >= 4 is 31.6 Å². The minimum atomic E-state index is -3.59. The Morgan fingerprint density at radius 3 is 2.79 bits per heavy atom. The van der Waals surface area contributed by atoms with E-state index in [0.717, 1.165) is 5.56 Å². The first-order valence-corrected chi connectivity index (χ1v) is 9.69. The van der Waals surface area contributed by atoms with Crippen molar-refractivity contribution in [2.45, 2.75) is 11.4 Å². The number of rotatable bonds is 7. The number of nitrogens with one attached hydrogen (secondary N) is 2. The first-order valence-electron chi connectivity index (χ1n) is 7.33. The number of nitrogens with zero attached hydrogens (tertiary/aromatic N) is 1. The van der Waals surface area contributed by atoms with Crippen LogP contribution in [0.3, 0.4) is 0 Å². The van der Waals surface area contributed by atoms with Gasteiger partial charge in [0.15, 0.2) is 0 Å². The van der Waals surface area contributed by atoms with E-state index in [1.807, 2.05) is 6.07 Å². The van der Waals surface area contributed by atoms with Gasteiger partial charge in [0.1, 0.15) is 10.7 Å². The third-order valence-electron chi connectivity index (χ3n) is 3.42. The van der Waals surface area contributed by atoms with Crippen molar-refractivity contribution in [1.82, 2.24) is 15.0 Å². The van der Waals surface area contributed by atoms with Gasteiger partial charge in [0.25, 0.3) is 0 Å². The standard InChI is InChI=1S/C16H16FN3O2S2/c17-13-4-1-3-12(9-13)10-18-7-8-20-24(21,22)15-6-2-5-14-16(15)23-11-19-14/h1-6,9,11,18,20H,7-8,10H2. The first-order chi connectivity index (χ1) is 11.6. The Morgan fingerprint density at radius 2 is 1.96 bits per heavy atom. The van der Waals surface area contributed by atoms with Crippen LogP contribution in [0.25, 0.3) is 10.2 Å². The number of benzene rings is 2.